The number of ether oxygens (including phenoxy) is 1. The van der Waals surface area contributed by atoms with Crippen molar-refractivity contribution >= 4 is 0 Å². The quantitative estimate of drug-likeness (QED) is 0.829. The number of hydrogen-bond donors (Lipinski definition) is 1. The van der Waals surface area contributed by atoms with Crippen molar-refractivity contribution in [2.45, 2.75) is 39.3 Å². The fourth-order valence-corrected chi connectivity index (χ4v) is 3.21. The van der Waals surface area contributed by atoms with E-state index in [1.807, 2.05) is 6.07 Å². The van der Waals surface area contributed by atoms with Crippen molar-refractivity contribution in [2.75, 3.05) is 26.7 Å². The van der Waals surface area contributed by atoms with Gasteiger partial charge in [0.15, 0.2) is 0 Å². The molecule has 1 fully saturated rings. The van der Waals surface area contributed by atoms with Gasteiger partial charge in [-0.3, -0.25) is 4.90 Å². The molecular weight excluding hydrogens is 248 g/mol. The second kappa shape index (κ2) is 7.65. The molecule has 0 saturated carbocycles. The molecule has 0 aromatic heterocycles. The Labute approximate surface area is 123 Å². The predicted octanol–water partition coefficient (Wildman–Crippen LogP) is 2.91. The van der Waals surface area contributed by atoms with E-state index in [0.717, 1.165) is 24.8 Å². The molecule has 2 atom stereocenters. The van der Waals surface area contributed by atoms with Crippen LogP contribution in [-0.4, -0.2) is 37.7 Å². The first kappa shape index (κ1) is 15.3. The van der Waals surface area contributed by atoms with Crippen LogP contribution in [0, 0.1) is 5.92 Å². The van der Waals surface area contributed by atoms with Gasteiger partial charge < -0.3 is 10.1 Å². The van der Waals surface area contributed by atoms with E-state index < -0.39 is 0 Å². The van der Waals surface area contributed by atoms with E-state index in [9.17, 15) is 0 Å². The van der Waals surface area contributed by atoms with Gasteiger partial charge in [-0.15, -0.1) is 0 Å². The summed E-state index contributed by atoms with van der Waals surface area (Å²) in [4.78, 5) is 2.57. The van der Waals surface area contributed by atoms with Gasteiger partial charge in [-0.1, -0.05) is 19.1 Å². The number of nitrogens with zero attached hydrogens (tertiary/aromatic N) is 1. The second-order valence-electron chi connectivity index (χ2n) is 5.94. The van der Waals surface area contributed by atoms with Crippen molar-refractivity contribution in [3.8, 4) is 5.75 Å². The van der Waals surface area contributed by atoms with Gasteiger partial charge in [0.25, 0.3) is 0 Å². The average Bonchev–Trinajstić information content (AvgIpc) is 2.86. The number of likely N-dealkylation sites (tertiary alicyclic amines) is 1. The minimum absolute atomic E-state index is 0.641. The molecule has 0 bridgehead atoms. The summed E-state index contributed by atoms with van der Waals surface area (Å²) in [7, 11) is 1.73. The highest BCUT2D eigenvalue weighted by Gasteiger charge is 2.23. The van der Waals surface area contributed by atoms with Gasteiger partial charge in [0.1, 0.15) is 5.75 Å². The lowest BCUT2D eigenvalue weighted by molar-refractivity contribution is 0.305. The summed E-state index contributed by atoms with van der Waals surface area (Å²) in [5.41, 5.74) is 1.35. The smallest absolute Gasteiger partial charge is 0.119 e. The minimum atomic E-state index is 0.641. The SMILES string of the molecule is CCNC(C)CC1CCN(Cc2cccc(OC)c2)C1. The molecule has 112 valence electrons. The van der Waals surface area contributed by atoms with Crippen LogP contribution < -0.4 is 10.1 Å². The number of rotatable bonds is 7. The first-order chi connectivity index (χ1) is 9.71. The molecule has 2 rings (SSSR count). The summed E-state index contributed by atoms with van der Waals surface area (Å²) in [6, 6.07) is 9.07. The summed E-state index contributed by atoms with van der Waals surface area (Å²) in [6.07, 6.45) is 2.63. The Morgan fingerprint density at radius 2 is 2.30 bits per heavy atom. The highest BCUT2D eigenvalue weighted by atomic mass is 16.5. The molecule has 0 radical (unpaired) electrons. The molecule has 20 heavy (non-hydrogen) atoms. The second-order valence-corrected chi connectivity index (χ2v) is 5.94. The Kier molecular flexibility index (Phi) is 5.86. The molecule has 1 aliphatic heterocycles. The normalized spacial score (nSPS) is 21.1. The Bertz CT molecular complexity index is 408. The van der Waals surface area contributed by atoms with Gasteiger partial charge in [0, 0.05) is 19.1 Å². The van der Waals surface area contributed by atoms with E-state index >= 15 is 0 Å². The van der Waals surface area contributed by atoms with Crippen LogP contribution in [0.4, 0.5) is 0 Å². The molecule has 0 aliphatic carbocycles. The first-order valence-electron chi connectivity index (χ1n) is 7.80. The molecule has 1 saturated heterocycles. The number of hydrogen-bond acceptors (Lipinski definition) is 3. The molecular formula is C17H28N2O. The van der Waals surface area contributed by atoms with Gasteiger partial charge in [-0.05, 0) is 56.5 Å². The lowest BCUT2D eigenvalue weighted by Crippen LogP contribution is -2.29. The highest BCUT2D eigenvalue weighted by molar-refractivity contribution is 5.28. The van der Waals surface area contributed by atoms with Crippen LogP contribution >= 0.6 is 0 Å². The third-order valence-corrected chi connectivity index (χ3v) is 4.15. The lowest BCUT2D eigenvalue weighted by Gasteiger charge is -2.19. The molecule has 3 nitrogen and oxygen atoms in total. The van der Waals surface area contributed by atoms with E-state index in [-0.39, 0.29) is 0 Å². The van der Waals surface area contributed by atoms with Crippen molar-refractivity contribution in [3.63, 3.8) is 0 Å². The highest BCUT2D eigenvalue weighted by Crippen LogP contribution is 2.23. The number of methoxy groups -OCH3 is 1. The first-order valence-corrected chi connectivity index (χ1v) is 7.80. The zero-order valence-electron chi connectivity index (χ0n) is 13.1. The van der Waals surface area contributed by atoms with Crippen molar-refractivity contribution in [1.29, 1.82) is 0 Å². The van der Waals surface area contributed by atoms with Gasteiger partial charge in [0.2, 0.25) is 0 Å². The lowest BCUT2D eigenvalue weighted by atomic mass is 10.0. The summed E-state index contributed by atoms with van der Waals surface area (Å²) in [5.74, 6) is 1.80. The van der Waals surface area contributed by atoms with Gasteiger partial charge in [0.05, 0.1) is 7.11 Å². The maximum absolute atomic E-state index is 5.29. The summed E-state index contributed by atoms with van der Waals surface area (Å²) in [6.45, 7) is 9.05. The number of nitrogens with one attached hydrogen (secondary N) is 1. The van der Waals surface area contributed by atoms with Gasteiger partial charge in [-0.2, -0.15) is 0 Å². The minimum Gasteiger partial charge on any atom is -0.497 e. The Hall–Kier alpha value is -1.06. The zero-order chi connectivity index (χ0) is 14.4. The van der Waals surface area contributed by atoms with Crippen molar-refractivity contribution < 1.29 is 4.74 Å². The fraction of sp³-hybridized carbons (Fsp3) is 0.647. The third-order valence-electron chi connectivity index (χ3n) is 4.15. The van der Waals surface area contributed by atoms with Crippen molar-refractivity contribution in [1.82, 2.24) is 10.2 Å². The molecule has 0 spiro atoms. The Morgan fingerprint density at radius 3 is 3.05 bits per heavy atom. The average molecular weight is 276 g/mol. The molecule has 1 aliphatic rings. The van der Waals surface area contributed by atoms with Crippen LogP contribution in [0.5, 0.6) is 5.75 Å². The van der Waals surface area contributed by atoms with Crippen molar-refractivity contribution in [2.24, 2.45) is 5.92 Å². The largest absolute Gasteiger partial charge is 0.497 e. The summed E-state index contributed by atoms with van der Waals surface area (Å²) in [5, 5.41) is 3.52. The van der Waals surface area contributed by atoms with Gasteiger partial charge in [-0.25, -0.2) is 0 Å². The van der Waals surface area contributed by atoms with Crippen LogP contribution in [0.15, 0.2) is 24.3 Å². The summed E-state index contributed by atoms with van der Waals surface area (Å²) < 4.78 is 5.29. The van der Waals surface area contributed by atoms with E-state index in [0.29, 0.717) is 6.04 Å². The molecule has 1 aromatic carbocycles. The molecule has 1 heterocycles. The van der Waals surface area contributed by atoms with E-state index in [1.54, 1.807) is 7.11 Å². The Balaban J connectivity index is 1.80. The third kappa shape index (κ3) is 4.50. The maximum atomic E-state index is 5.29. The molecule has 3 heteroatoms. The maximum Gasteiger partial charge on any atom is 0.119 e. The monoisotopic (exact) mass is 276 g/mol. The number of benzene rings is 1. The molecule has 2 unspecified atom stereocenters. The van der Waals surface area contributed by atoms with E-state index in [4.69, 9.17) is 4.74 Å². The molecule has 1 N–H and O–H groups in total. The molecule has 0 amide bonds. The van der Waals surface area contributed by atoms with Crippen LogP contribution in [0.25, 0.3) is 0 Å². The summed E-state index contributed by atoms with van der Waals surface area (Å²) >= 11 is 0. The Morgan fingerprint density at radius 1 is 1.45 bits per heavy atom. The van der Waals surface area contributed by atoms with Crippen LogP contribution in [-0.2, 0) is 6.54 Å². The fourth-order valence-electron chi connectivity index (χ4n) is 3.21. The van der Waals surface area contributed by atoms with E-state index in [2.05, 4.69) is 42.3 Å². The van der Waals surface area contributed by atoms with Crippen LogP contribution in [0.2, 0.25) is 0 Å². The predicted molar refractivity (Wildman–Crippen MR) is 84.1 cm³/mol. The van der Waals surface area contributed by atoms with Crippen LogP contribution in [0.3, 0.4) is 0 Å². The molecule has 1 aromatic rings. The van der Waals surface area contributed by atoms with E-state index in [1.165, 1.54) is 31.5 Å². The van der Waals surface area contributed by atoms with Crippen molar-refractivity contribution in [3.05, 3.63) is 29.8 Å². The zero-order valence-corrected chi connectivity index (χ0v) is 13.1. The standard InChI is InChI=1S/C17H28N2O/c1-4-18-14(2)10-16-8-9-19(13-16)12-15-6-5-7-17(11-15)20-3/h5-7,11,14,16,18H,4,8-10,12-13H2,1-3H3. The van der Waals surface area contributed by atoms with Gasteiger partial charge >= 0.3 is 0 Å². The van der Waals surface area contributed by atoms with Crippen LogP contribution in [0.1, 0.15) is 32.3 Å². The topological polar surface area (TPSA) is 24.5 Å².